The highest BCUT2D eigenvalue weighted by Crippen LogP contribution is 2.21. The first-order valence-corrected chi connectivity index (χ1v) is 7.75. The number of hydrogen-bond donors (Lipinski definition) is 2. The zero-order chi connectivity index (χ0) is 14.4. The zero-order valence-corrected chi connectivity index (χ0v) is 12.4. The highest BCUT2D eigenvalue weighted by molar-refractivity contribution is 5.76. The van der Waals surface area contributed by atoms with Gasteiger partial charge in [0, 0.05) is 12.5 Å². The molecule has 2 unspecified atom stereocenters. The average Bonchev–Trinajstić information content (AvgIpc) is 2.45. The highest BCUT2D eigenvalue weighted by atomic mass is 16.1. The van der Waals surface area contributed by atoms with E-state index in [1.807, 2.05) is 0 Å². The number of fused-ring (bicyclic) bond motifs is 1. The highest BCUT2D eigenvalue weighted by Gasteiger charge is 2.19. The van der Waals surface area contributed by atoms with Crippen molar-refractivity contribution >= 4 is 5.91 Å². The number of nitrogens with two attached hydrogens (primary N) is 1. The quantitative estimate of drug-likeness (QED) is 0.837. The minimum atomic E-state index is 0.193. The van der Waals surface area contributed by atoms with E-state index in [0.29, 0.717) is 24.9 Å². The van der Waals surface area contributed by atoms with Crippen LogP contribution in [0, 0.1) is 5.92 Å². The largest absolute Gasteiger partial charge is 0.353 e. The predicted octanol–water partition coefficient (Wildman–Crippen LogP) is 2.43. The Morgan fingerprint density at radius 3 is 2.85 bits per heavy atom. The topological polar surface area (TPSA) is 55.1 Å². The maximum Gasteiger partial charge on any atom is 0.220 e. The minimum Gasteiger partial charge on any atom is -0.353 e. The molecule has 1 aliphatic rings. The van der Waals surface area contributed by atoms with Crippen molar-refractivity contribution in [2.24, 2.45) is 11.7 Å². The summed E-state index contributed by atoms with van der Waals surface area (Å²) in [5.41, 5.74) is 8.36. The first kappa shape index (κ1) is 15.0. The van der Waals surface area contributed by atoms with Gasteiger partial charge >= 0.3 is 0 Å². The fourth-order valence-electron chi connectivity index (χ4n) is 2.93. The van der Waals surface area contributed by atoms with Crippen molar-refractivity contribution in [2.75, 3.05) is 6.54 Å². The standard InChI is InChI=1S/C17H26N2O/c1-13(10-11-18)6-9-17(20)19-16-8-7-14-4-2-3-5-15(14)12-16/h2-5,13,16H,6-12,18H2,1H3,(H,19,20). The van der Waals surface area contributed by atoms with Crippen LogP contribution in [0.2, 0.25) is 0 Å². The summed E-state index contributed by atoms with van der Waals surface area (Å²) in [6.45, 7) is 2.87. The van der Waals surface area contributed by atoms with Gasteiger partial charge in [0.2, 0.25) is 5.91 Å². The lowest BCUT2D eigenvalue weighted by molar-refractivity contribution is -0.122. The van der Waals surface area contributed by atoms with Crippen molar-refractivity contribution in [2.45, 2.75) is 51.5 Å². The van der Waals surface area contributed by atoms with Gasteiger partial charge in [0.15, 0.2) is 0 Å². The Morgan fingerprint density at radius 2 is 2.10 bits per heavy atom. The summed E-state index contributed by atoms with van der Waals surface area (Å²) < 4.78 is 0. The van der Waals surface area contributed by atoms with Gasteiger partial charge in [0.05, 0.1) is 0 Å². The molecule has 2 rings (SSSR count). The fourth-order valence-corrected chi connectivity index (χ4v) is 2.93. The van der Waals surface area contributed by atoms with Crippen LogP contribution in [-0.4, -0.2) is 18.5 Å². The summed E-state index contributed by atoms with van der Waals surface area (Å²) in [5.74, 6) is 0.732. The van der Waals surface area contributed by atoms with E-state index in [0.717, 1.165) is 32.1 Å². The summed E-state index contributed by atoms with van der Waals surface area (Å²) in [6, 6.07) is 8.86. The van der Waals surface area contributed by atoms with Gasteiger partial charge in [0.25, 0.3) is 0 Å². The van der Waals surface area contributed by atoms with Crippen LogP contribution in [-0.2, 0) is 17.6 Å². The molecule has 0 fully saturated rings. The molecule has 0 radical (unpaired) electrons. The van der Waals surface area contributed by atoms with Crippen LogP contribution < -0.4 is 11.1 Å². The molecule has 0 aliphatic heterocycles. The predicted molar refractivity (Wildman–Crippen MR) is 82.5 cm³/mol. The maximum atomic E-state index is 12.0. The molecule has 2 atom stereocenters. The number of carbonyl (C=O) groups excluding carboxylic acids is 1. The van der Waals surface area contributed by atoms with Crippen LogP contribution in [0.3, 0.4) is 0 Å². The Hall–Kier alpha value is -1.35. The molecule has 0 heterocycles. The SMILES string of the molecule is CC(CCN)CCC(=O)NC1CCc2ccccc2C1. The molecule has 0 bridgehead atoms. The Bertz CT molecular complexity index is 444. The molecular formula is C17H26N2O. The van der Waals surface area contributed by atoms with Gasteiger partial charge in [0.1, 0.15) is 0 Å². The number of amides is 1. The van der Waals surface area contributed by atoms with E-state index in [1.54, 1.807) is 0 Å². The lowest BCUT2D eigenvalue weighted by Gasteiger charge is -2.25. The van der Waals surface area contributed by atoms with Crippen LogP contribution in [0.5, 0.6) is 0 Å². The van der Waals surface area contributed by atoms with Crippen molar-refractivity contribution in [3.8, 4) is 0 Å². The third-order valence-corrected chi connectivity index (χ3v) is 4.24. The third-order valence-electron chi connectivity index (χ3n) is 4.24. The third kappa shape index (κ3) is 4.34. The van der Waals surface area contributed by atoms with Crippen molar-refractivity contribution in [3.05, 3.63) is 35.4 Å². The molecule has 0 saturated heterocycles. The second-order valence-electron chi connectivity index (χ2n) is 6.00. The van der Waals surface area contributed by atoms with Gasteiger partial charge in [-0.3, -0.25) is 4.79 Å². The molecule has 1 aliphatic carbocycles. The molecule has 0 saturated carbocycles. The van der Waals surface area contributed by atoms with Crippen LogP contribution in [0.1, 0.15) is 43.7 Å². The van der Waals surface area contributed by atoms with E-state index < -0.39 is 0 Å². The van der Waals surface area contributed by atoms with Crippen molar-refractivity contribution in [1.82, 2.24) is 5.32 Å². The van der Waals surface area contributed by atoms with Gasteiger partial charge in [-0.25, -0.2) is 0 Å². The molecule has 3 N–H and O–H groups in total. The number of aryl methyl sites for hydroxylation is 1. The van der Waals surface area contributed by atoms with Gasteiger partial charge < -0.3 is 11.1 Å². The monoisotopic (exact) mass is 274 g/mol. The van der Waals surface area contributed by atoms with E-state index in [9.17, 15) is 4.79 Å². The van der Waals surface area contributed by atoms with Gasteiger partial charge in [-0.15, -0.1) is 0 Å². The Labute approximate surface area is 121 Å². The van der Waals surface area contributed by atoms with Crippen molar-refractivity contribution in [3.63, 3.8) is 0 Å². The smallest absolute Gasteiger partial charge is 0.220 e. The van der Waals surface area contributed by atoms with Gasteiger partial charge in [-0.1, -0.05) is 31.2 Å². The molecular weight excluding hydrogens is 248 g/mol. The van der Waals surface area contributed by atoms with E-state index in [-0.39, 0.29) is 5.91 Å². The van der Waals surface area contributed by atoms with Crippen molar-refractivity contribution < 1.29 is 4.79 Å². The molecule has 3 nitrogen and oxygen atoms in total. The molecule has 3 heteroatoms. The summed E-state index contributed by atoms with van der Waals surface area (Å²) in [4.78, 5) is 12.0. The van der Waals surface area contributed by atoms with Gasteiger partial charge in [-0.2, -0.15) is 0 Å². The minimum absolute atomic E-state index is 0.193. The van der Waals surface area contributed by atoms with Gasteiger partial charge in [-0.05, 0) is 55.7 Å². The average molecular weight is 274 g/mol. The summed E-state index contributed by atoms with van der Waals surface area (Å²) in [5, 5.41) is 3.19. The molecule has 1 aromatic rings. The normalized spacial score (nSPS) is 19.2. The van der Waals surface area contributed by atoms with Crippen LogP contribution in [0.15, 0.2) is 24.3 Å². The number of rotatable bonds is 6. The van der Waals surface area contributed by atoms with E-state index in [1.165, 1.54) is 11.1 Å². The van der Waals surface area contributed by atoms with E-state index >= 15 is 0 Å². The molecule has 110 valence electrons. The molecule has 1 amide bonds. The Kier molecular flexibility index (Phi) is 5.60. The second kappa shape index (κ2) is 7.44. The van der Waals surface area contributed by atoms with E-state index in [2.05, 4.69) is 36.5 Å². The Morgan fingerprint density at radius 1 is 1.35 bits per heavy atom. The number of nitrogens with one attached hydrogen (secondary N) is 1. The lowest BCUT2D eigenvalue weighted by Crippen LogP contribution is -2.38. The number of carbonyl (C=O) groups is 1. The first-order chi connectivity index (χ1) is 9.69. The number of benzene rings is 1. The van der Waals surface area contributed by atoms with Crippen molar-refractivity contribution in [1.29, 1.82) is 0 Å². The Balaban J connectivity index is 1.76. The second-order valence-corrected chi connectivity index (χ2v) is 6.00. The fraction of sp³-hybridized carbons (Fsp3) is 0.588. The first-order valence-electron chi connectivity index (χ1n) is 7.75. The zero-order valence-electron chi connectivity index (χ0n) is 12.4. The molecule has 0 spiro atoms. The molecule has 0 aromatic heterocycles. The maximum absolute atomic E-state index is 12.0. The number of hydrogen-bond acceptors (Lipinski definition) is 2. The van der Waals surface area contributed by atoms with Crippen LogP contribution >= 0.6 is 0 Å². The lowest BCUT2D eigenvalue weighted by atomic mass is 9.88. The van der Waals surface area contributed by atoms with Crippen LogP contribution in [0.25, 0.3) is 0 Å². The summed E-state index contributed by atoms with van der Waals surface area (Å²) in [6.07, 6.45) is 5.67. The van der Waals surface area contributed by atoms with Crippen LogP contribution in [0.4, 0.5) is 0 Å². The molecule has 20 heavy (non-hydrogen) atoms. The summed E-state index contributed by atoms with van der Waals surface area (Å²) >= 11 is 0. The molecule has 1 aromatic carbocycles. The van der Waals surface area contributed by atoms with E-state index in [4.69, 9.17) is 5.73 Å². The summed E-state index contributed by atoms with van der Waals surface area (Å²) in [7, 11) is 0.